The van der Waals surface area contributed by atoms with Crippen molar-refractivity contribution in [3.63, 3.8) is 0 Å². The predicted molar refractivity (Wildman–Crippen MR) is 78.6 cm³/mol. The van der Waals surface area contributed by atoms with Gasteiger partial charge in [0.05, 0.1) is 6.04 Å². The second-order valence-corrected chi connectivity index (χ2v) is 5.97. The molecule has 1 aromatic rings. The Morgan fingerprint density at radius 3 is 2.80 bits per heavy atom. The number of benzene rings is 1. The molecular formula is C17H23NO2. The highest BCUT2D eigenvalue weighted by Gasteiger charge is 2.25. The number of rotatable bonds is 3. The summed E-state index contributed by atoms with van der Waals surface area (Å²) < 4.78 is 5.43. The van der Waals surface area contributed by atoms with Crippen LogP contribution in [0.25, 0.3) is 0 Å². The number of nitrogens with one attached hydrogen (secondary N) is 1. The van der Waals surface area contributed by atoms with E-state index in [-0.39, 0.29) is 18.1 Å². The van der Waals surface area contributed by atoms with Crippen molar-refractivity contribution in [3.05, 3.63) is 34.9 Å². The molecule has 1 amide bonds. The summed E-state index contributed by atoms with van der Waals surface area (Å²) in [6.07, 6.45) is 6.57. The molecule has 3 rings (SSSR count). The largest absolute Gasteiger partial charge is 0.368 e. The summed E-state index contributed by atoms with van der Waals surface area (Å²) in [5.74, 6) is 0.0349. The summed E-state index contributed by atoms with van der Waals surface area (Å²) in [6, 6.07) is 6.72. The third-order valence-electron chi connectivity index (χ3n) is 4.45. The van der Waals surface area contributed by atoms with E-state index in [2.05, 4.69) is 30.4 Å². The maximum atomic E-state index is 12.1. The first-order valence-corrected chi connectivity index (χ1v) is 7.78. The van der Waals surface area contributed by atoms with Crippen molar-refractivity contribution in [3.8, 4) is 0 Å². The van der Waals surface area contributed by atoms with Crippen LogP contribution in [0.5, 0.6) is 0 Å². The van der Waals surface area contributed by atoms with Crippen LogP contribution in [0.3, 0.4) is 0 Å². The topological polar surface area (TPSA) is 38.3 Å². The van der Waals surface area contributed by atoms with Crippen LogP contribution in [0.4, 0.5) is 0 Å². The molecule has 2 atom stereocenters. The van der Waals surface area contributed by atoms with Crippen molar-refractivity contribution in [2.24, 2.45) is 0 Å². The Morgan fingerprint density at radius 1 is 1.25 bits per heavy atom. The Labute approximate surface area is 120 Å². The molecule has 0 aromatic heterocycles. The quantitative estimate of drug-likeness (QED) is 0.919. The van der Waals surface area contributed by atoms with E-state index in [1.54, 1.807) is 0 Å². The highest BCUT2D eigenvalue weighted by Crippen LogP contribution is 2.25. The number of fused-ring (bicyclic) bond motifs is 1. The maximum Gasteiger partial charge on any atom is 0.249 e. The van der Waals surface area contributed by atoms with Crippen LogP contribution < -0.4 is 5.32 Å². The Morgan fingerprint density at radius 2 is 2.05 bits per heavy atom. The molecule has 1 aliphatic heterocycles. The van der Waals surface area contributed by atoms with Crippen molar-refractivity contribution in [1.29, 1.82) is 0 Å². The lowest BCUT2D eigenvalue weighted by Crippen LogP contribution is -2.35. The molecule has 3 nitrogen and oxygen atoms in total. The standard InChI is InChI=1S/C17H23NO2/c1-12(18-17(19)16-7-4-10-20-16)14-9-8-13-5-2-3-6-15(13)11-14/h8-9,11-12,16H,2-7,10H2,1H3,(H,18,19)/t12-,16+/m0/s1. The summed E-state index contributed by atoms with van der Waals surface area (Å²) in [4.78, 5) is 12.1. The first-order chi connectivity index (χ1) is 9.74. The molecule has 0 saturated carbocycles. The van der Waals surface area contributed by atoms with Gasteiger partial charge in [-0.2, -0.15) is 0 Å². The Hall–Kier alpha value is -1.35. The molecule has 3 heteroatoms. The summed E-state index contributed by atoms with van der Waals surface area (Å²) in [6.45, 7) is 2.77. The van der Waals surface area contributed by atoms with Gasteiger partial charge in [-0.3, -0.25) is 4.79 Å². The van der Waals surface area contributed by atoms with Crippen molar-refractivity contribution in [2.45, 2.75) is 57.6 Å². The van der Waals surface area contributed by atoms with Gasteiger partial charge < -0.3 is 10.1 Å². The maximum absolute atomic E-state index is 12.1. The minimum absolute atomic E-state index is 0.0349. The molecule has 1 aliphatic carbocycles. The highest BCUT2D eigenvalue weighted by atomic mass is 16.5. The predicted octanol–water partition coefficient (Wildman–Crippen LogP) is 2.92. The van der Waals surface area contributed by atoms with Gasteiger partial charge in [-0.1, -0.05) is 18.2 Å². The van der Waals surface area contributed by atoms with Crippen LogP contribution >= 0.6 is 0 Å². The number of hydrogen-bond acceptors (Lipinski definition) is 2. The normalized spacial score (nSPS) is 23.1. The van der Waals surface area contributed by atoms with Crippen molar-refractivity contribution in [1.82, 2.24) is 5.32 Å². The van der Waals surface area contributed by atoms with E-state index in [9.17, 15) is 4.79 Å². The third-order valence-corrected chi connectivity index (χ3v) is 4.45. The molecule has 1 aromatic carbocycles. The van der Waals surface area contributed by atoms with Gasteiger partial charge in [0.15, 0.2) is 0 Å². The van der Waals surface area contributed by atoms with E-state index < -0.39 is 0 Å². The lowest BCUT2D eigenvalue weighted by Gasteiger charge is -2.21. The number of amides is 1. The van der Waals surface area contributed by atoms with E-state index in [1.165, 1.54) is 42.4 Å². The molecule has 1 saturated heterocycles. The molecule has 0 bridgehead atoms. The van der Waals surface area contributed by atoms with Gasteiger partial charge >= 0.3 is 0 Å². The summed E-state index contributed by atoms with van der Waals surface area (Å²) >= 11 is 0. The Kier molecular flexibility index (Phi) is 4.06. The molecule has 1 N–H and O–H groups in total. The van der Waals surface area contributed by atoms with Crippen LogP contribution in [0.2, 0.25) is 0 Å². The van der Waals surface area contributed by atoms with Gasteiger partial charge in [-0.15, -0.1) is 0 Å². The molecular weight excluding hydrogens is 250 g/mol. The zero-order chi connectivity index (χ0) is 13.9. The van der Waals surface area contributed by atoms with E-state index in [0.29, 0.717) is 6.61 Å². The van der Waals surface area contributed by atoms with Crippen LogP contribution in [0, 0.1) is 0 Å². The minimum Gasteiger partial charge on any atom is -0.368 e. The number of aryl methyl sites for hydroxylation is 2. The van der Waals surface area contributed by atoms with Crippen molar-refractivity contribution >= 4 is 5.91 Å². The SMILES string of the molecule is C[C@H](NC(=O)[C@H]1CCCO1)c1ccc2c(c1)CCCC2. The molecule has 0 spiro atoms. The lowest BCUT2D eigenvalue weighted by atomic mass is 9.89. The van der Waals surface area contributed by atoms with E-state index in [0.717, 1.165) is 12.8 Å². The number of ether oxygens (including phenoxy) is 1. The highest BCUT2D eigenvalue weighted by molar-refractivity contribution is 5.81. The molecule has 1 heterocycles. The first kappa shape index (κ1) is 13.6. The molecule has 108 valence electrons. The summed E-state index contributed by atoms with van der Waals surface area (Å²) in [5.41, 5.74) is 4.15. The first-order valence-electron chi connectivity index (χ1n) is 7.78. The van der Waals surface area contributed by atoms with E-state index >= 15 is 0 Å². The van der Waals surface area contributed by atoms with E-state index in [4.69, 9.17) is 4.74 Å². The van der Waals surface area contributed by atoms with Gasteiger partial charge in [0.1, 0.15) is 6.10 Å². The average Bonchev–Trinajstić information content (AvgIpc) is 3.01. The van der Waals surface area contributed by atoms with E-state index in [1.807, 2.05) is 0 Å². The molecule has 20 heavy (non-hydrogen) atoms. The Bertz CT molecular complexity index is 492. The van der Waals surface area contributed by atoms with Gasteiger partial charge in [0, 0.05) is 6.61 Å². The van der Waals surface area contributed by atoms with Crippen LogP contribution in [-0.4, -0.2) is 18.6 Å². The van der Waals surface area contributed by atoms with Gasteiger partial charge in [-0.05, 0) is 62.1 Å². The monoisotopic (exact) mass is 273 g/mol. The van der Waals surface area contributed by atoms with Gasteiger partial charge in [-0.25, -0.2) is 0 Å². The zero-order valence-electron chi connectivity index (χ0n) is 12.2. The molecule has 2 aliphatic rings. The van der Waals surface area contributed by atoms with Crippen molar-refractivity contribution < 1.29 is 9.53 Å². The minimum atomic E-state index is -0.241. The van der Waals surface area contributed by atoms with Crippen LogP contribution in [0.15, 0.2) is 18.2 Å². The molecule has 0 radical (unpaired) electrons. The van der Waals surface area contributed by atoms with Crippen LogP contribution in [-0.2, 0) is 22.4 Å². The summed E-state index contributed by atoms with van der Waals surface area (Å²) in [7, 11) is 0. The fourth-order valence-electron chi connectivity index (χ4n) is 3.20. The fraction of sp³-hybridized carbons (Fsp3) is 0.588. The third kappa shape index (κ3) is 2.88. The zero-order valence-corrected chi connectivity index (χ0v) is 12.2. The average molecular weight is 273 g/mol. The number of carbonyl (C=O) groups is 1. The lowest BCUT2D eigenvalue weighted by molar-refractivity contribution is -0.130. The second-order valence-electron chi connectivity index (χ2n) is 5.97. The molecule has 1 fully saturated rings. The van der Waals surface area contributed by atoms with Crippen LogP contribution in [0.1, 0.15) is 55.3 Å². The Balaban J connectivity index is 1.67. The fourth-order valence-corrected chi connectivity index (χ4v) is 3.20. The summed E-state index contributed by atoms with van der Waals surface area (Å²) in [5, 5.41) is 3.08. The van der Waals surface area contributed by atoms with Crippen molar-refractivity contribution in [2.75, 3.05) is 6.61 Å². The van der Waals surface area contributed by atoms with Gasteiger partial charge in [0.25, 0.3) is 0 Å². The number of hydrogen-bond donors (Lipinski definition) is 1. The number of carbonyl (C=O) groups excluding carboxylic acids is 1. The van der Waals surface area contributed by atoms with Gasteiger partial charge in [0.2, 0.25) is 5.91 Å². The molecule has 0 unspecified atom stereocenters. The smallest absolute Gasteiger partial charge is 0.249 e. The second kappa shape index (κ2) is 5.96.